The summed E-state index contributed by atoms with van der Waals surface area (Å²) in [5.74, 6) is 0.352. The van der Waals surface area contributed by atoms with Gasteiger partial charge in [0.2, 0.25) is 5.91 Å². The number of rotatable bonds is 6. The minimum Gasteiger partial charge on any atom is -0.456 e. The first-order valence-corrected chi connectivity index (χ1v) is 9.58. The number of halogens is 2. The van der Waals surface area contributed by atoms with Crippen molar-refractivity contribution in [3.05, 3.63) is 88.4 Å². The highest BCUT2D eigenvalue weighted by molar-refractivity contribution is 6.34. The molecule has 29 heavy (non-hydrogen) atoms. The second-order valence-corrected chi connectivity index (χ2v) is 7.04. The molecule has 3 aromatic rings. The third kappa shape index (κ3) is 5.50. The van der Waals surface area contributed by atoms with E-state index in [4.69, 9.17) is 27.9 Å². The molecule has 0 heterocycles. The first-order chi connectivity index (χ1) is 13.9. The number of nitrogens with one attached hydrogen (secondary N) is 2. The molecule has 0 aliphatic heterocycles. The Morgan fingerprint density at radius 1 is 0.862 bits per heavy atom. The molecule has 0 aliphatic rings. The highest BCUT2D eigenvalue weighted by Crippen LogP contribution is 2.29. The van der Waals surface area contributed by atoms with Crippen LogP contribution in [0.15, 0.2) is 72.8 Å². The number of amides is 2. The molecule has 1 atom stereocenters. The van der Waals surface area contributed by atoms with Gasteiger partial charge in [0.25, 0.3) is 5.91 Å². The van der Waals surface area contributed by atoms with Crippen molar-refractivity contribution < 1.29 is 14.3 Å². The van der Waals surface area contributed by atoms with Crippen LogP contribution in [0.25, 0.3) is 0 Å². The fraction of sp³-hybridized carbons (Fsp3) is 0.0909. The van der Waals surface area contributed by atoms with Crippen molar-refractivity contribution in [2.45, 2.75) is 13.0 Å². The summed E-state index contributed by atoms with van der Waals surface area (Å²) in [7, 11) is 0. The lowest BCUT2D eigenvalue weighted by Gasteiger charge is -2.15. The van der Waals surface area contributed by atoms with Gasteiger partial charge in [0.15, 0.2) is 0 Å². The predicted molar refractivity (Wildman–Crippen MR) is 115 cm³/mol. The molecular weight excluding hydrogens is 411 g/mol. The zero-order valence-corrected chi connectivity index (χ0v) is 17.0. The number of carbonyl (C=O) groups excluding carboxylic acids is 2. The highest BCUT2D eigenvalue weighted by atomic mass is 35.5. The van der Waals surface area contributed by atoms with Gasteiger partial charge in [-0.05, 0) is 55.5 Å². The van der Waals surface area contributed by atoms with Crippen LogP contribution in [0.4, 0.5) is 5.69 Å². The van der Waals surface area contributed by atoms with Crippen LogP contribution in [-0.4, -0.2) is 17.9 Å². The van der Waals surface area contributed by atoms with Crippen LogP contribution in [0, 0.1) is 0 Å². The van der Waals surface area contributed by atoms with Crippen molar-refractivity contribution in [3.8, 4) is 11.5 Å². The van der Waals surface area contributed by atoms with Crippen molar-refractivity contribution in [3.63, 3.8) is 0 Å². The Kier molecular flexibility index (Phi) is 6.75. The first kappa shape index (κ1) is 20.7. The van der Waals surface area contributed by atoms with E-state index in [9.17, 15) is 9.59 Å². The average molecular weight is 429 g/mol. The summed E-state index contributed by atoms with van der Waals surface area (Å²) < 4.78 is 5.72. The van der Waals surface area contributed by atoms with E-state index < -0.39 is 11.9 Å². The molecule has 0 aromatic heterocycles. The number of carbonyl (C=O) groups is 2. The normalized spacial score (nSPS) is 11.4. The lowest BCUT2D eigenvalue weighted by atomic mass is 10.2. The molecule has 1 unspecified atom stereocenters. The number of hydrogen-bond acceptors (Lipinski definition) is 3. The number of hydrogen-bond donors (Lipinski definition) is 2. The van der Waals surface area contributed by atoms with E-state index in [-0.39, 0.29) is 5.91 Å². The summed E-state index contributed by atoms with van der Waals surface area (Å²) in [5.41, 5.74) is 0.884. The first-order valence-electron chi connectivity index (χ1n) is 8.83. The van der Waals surface area contributed by atoms with E-state index in [1.807, 2.05) is 12.1 Å². The second kappa shape index (κ2) is 9.45. The van der Waals surface area contributed by atoms with E-state index in [0.717, 1.165) is 0 Å². The van der Waals surface area contributed by atoms with Gasteiger partial charge in [-0.3, -0.25) is 9.59 Å². The molecule has 0 spiro atoms. The minimum absolute atomic E-state index is 0.315. The summed E-state index contributed by atoms with van der Waals surface area (Å²) >= 11 is 12.1. The highest BCUT2D eigenvalue weighted by Gasteiger charge is 2.18. The predicted octanol–water partition coefficient (Wildman–Crippen LogP) is 5.54. The molecule has 3 rings (SSSR count). The Bertz CT molecular complexity index is 1020. The van der Waals surface area contributed by atoms with Crippen LogP contribution >= 0.6 is 23.2 Å². The molecule has 0 aliphatic carbocycles. The number of ether oxygens (including phenoxy) is 1. The number of anilines is 1. The molecule has 0 saturated heterocycles. The third-order valence-corrected chi connectivity index (χ3v) is 4.69. The fourth-order valence-corrected chi connectivity index (χ4v) is 2.89. The van der Waals surface area contributed by atoms with Gasteiger partial charge >= 0.3 is 0 Å². The maximum Gasteiger partial charge on any atom is 0.253 e. The standard InChI is InChI=1S/C22H18Cl2N2O3/c1-14(25-22(28)17-6-2-3-7-18(17)23)21(27)26-15-10-12-16(13-11-15)29-20-9-5-4-8-19(20)24/h2-14H,1H3,(H,25,28)(H,26,27). The van der Waals surface area contributed by atoms with Crippen molar-refractivity contribution in [2.24, 2.45) is 0 Å². The molecule has 7 heteroatoms. The Morgan fingerprint density at radius 3 is 2.14 bits per heavy atom. The average Bonchev–Trinajstić information content (AvgIpc) is 2.71. The van der Waals surface area contributed by atoms with Crippen LogP contribution in [0.1, 0.15) is 17.3 Å². The zero-order chi connectivity index (χ0) is 20.8. The topological polar surface area (TPSA) is 67.4 Å². The van der Waals surface area contributed by atoms with Crippen molar-refractivity contribution in [1.82, 2.24) is 5.32 Å². The Hall–Kier alpha value is -3.02. The molecule has 0 saturated carbocycles. The SMILES string of the molecule is CC(NC(=O)c1ccccc1Cl)C(=O)Nc1ccc(Oc2ccccc2Cl)cc1. The van der Waals surface area contributed by atoms with Crippen molar-refractivity contribution in [2.75, 3.05) is 5.32 Å². The van der Waals surface area contributed by atoms with Gasteiger partial charge in [0.05, 0.1) is 15.6 Å². The van der Waals surface area contributed by atoms with Gasteiger partial charge in [-0.15, -0.1) is 0 Å². The molecule has 2 amide bonds. The largest absolute Gasteiger partial charge is 0.456 e. The van der Waals surface area contributed by atoms with E-state index >= 15 is 0 Å². The Balaban J connectivity index is 1.58. The van der Waals surface area contributed by atoms with Crippen LogP contribution in [0.2, 0.25) is 10.0 Å². The molecule has 148 valence electrons. The quantitative estimate of drug-likeness (QED) is 0.541. The Labute approximate surface area is 178 Å². The maximum atomic E-state index is 12.4. The van der Waals surface area contributed by atoms with Gasteiger partial charge in [0.1, 0.15) is 17.5 Å². The fourth-order valence-electron chi connectivity index (χ4n) is 2.50. The lowest BCUT2D eigenvalue weighted by Crippen LogP contribution is -2.41. The van der Waals surface area contributed by atoms with Gasteiger partial charge in [-0.2, -0.15) is 0 Å². The van der Waals surface area contributed by atoms with E-state index in [1.54, 1.807) is 67.6 Å². The van der Waals surface area contributed by atoms with Gasteiger partial charge < -0.3 is 15.4 Å². The summed E-state index contributed by atoms with van der Waals surface area (Å²) in [6, 6.07) is 19.9. The molecule has 0 bridgehead atoms. The van der Waals surface area contributed by atoms with E-state index in [2.05, 4.69) is 10.6 Å². The summed E-state index contributed by atoms with van der Waals surface area (Å²) in [6.07, 6.45) is 0. The van der Waals surface area contributed by atoms with Crippen LogP contribution in [0.3, 0.4) is 0 Å². The van der Waals surface area contributed by atoms with E-state index in [1.165, 1.54) is 0 Å². The minimum atomic E-state index is -0.752. The second-order valence-electron chi connectivity index (χ2n) is 6.22. The molecule has 0 radical (unpaired) electrons. The van der Waals surface area contributed by atoms with Crippen LogP contribution < -0.4 is 15.4 Å². The summed E-state index contributed by atoms with van der Waals surface area (Å²) in [4.78, 5) is 24.7. The van der Waals surface area contributed by atoms with Gasteiger partial charge in [0, 0.05) is 5.69 Å². The monoisotopic (exact) mass is 428 g/mol. The number of para-hydroxylation sites is 1. The Morgan fingerprint density at radius 2 is 1.48 bits per heavy atom. The third-order valence-electron chi connectivity index (χ3n) is 4.05. The summed E-state index contributed by atoms with van der Waals surface area (Å²) in [5, 5.41) is 6.21. The van der Waals surface area contributed by atoms with Gasteiger partial charge in [-0.1, -0.05) is 47.5 Å². The molecule has 2 N–H and O–H groups in total. The maximum absolute atomic E-state index is 12.4. The molecule has 5 nitrogen and oxygen atoms in total. The van der Waals surface area contributed by atoms with Crippen LogP contribution in [0.5, 0.6) is 11.5 Å². The van der Waals surface area contributed by atoms with Crippen molar-refractivity contribution >= 4 is 40.7 Å². The number of benzene rings is 3. The van der Waals surface area contributed by atoms with Gasteiger partial charge in [-0.25, -0.2) is 0 Å². The van der Waals surface area contributed by atoms with Crippen LogP contribution in [-0.2, 0) is 4.79 Å². The summed E-state index contributed by atoms with van der Waals surface area (Å²) in [6.45, 7) is 1.60. The molecule has 0 fully saturated rings. The molecule has 3 aromatic carbocycles. The smallest absolute Gasteiger partial charge is 0.253 e. The zero-order valence-electron chi connectivity index (χ0n) is 15.5. The van der Waals surface area contributed by atoms with E-state index in [0.29, 0.717) is 32.8 Å². The lowest BCUT2D eigenvalue weighted by molar-refractivity contribution is -0.117. The molecular formula is C22H18Cl2N2O3. The van der Waals surface area contributed by atoms with Crippen molar-refractivity contribution in [1.29, 1.82) is 0 Å².